The van der Waals surface area contributed by atoms with Crippen LogP contribution in [0.25, 0.3) is 11.0 Å². The van der Waals surface area contributed by atoms with Crippen LogP contribution in [-0.4, -0.2) is 56.5 Å². The number of phenols is 2. The second-order valence-corrected chi connectivity index (χ2v) is 9.09. The highest BCUT2D eigenvalue weighted by Gasteiger charge is 2.34. The van der Waals surface area contributed by atoms with Gasteiger partial charge in [0.25, 0.3) is 0 Å². The van der Waals surface area contributed by atoms with E-state index in [0.29, 0.717) is 19.5 Å². The standard InChI is InChI=1S/C21H22N2O8S/c1-9-16(19(27)14-3-4-15(32-14)23(29)30)20(28)18-12(25)7-11(24)17(21(18)31-9)10-5-6-22(2)8-13(10)26/h3-4,7,10,13,19,24-27H,5-6,8H2,1-2H3. The number of nitrogens with zero attached hydrogens (tertiary/aromatic N) is 2. The first-order chi connectivity index (χ1) is 15.1. The lowest BCUT2D eigenvalue weighted by Gasteiger charge is -2.34. The molecule has 3 heterocycles. The number of nitro groups is 1. The van der Waals surface area contributed by atoms with Gasteiger partial charge in [0.1, 0.15) is 34.3 Å². The van der Waals surface area contributed by atoms with Crippen molar-refractivity contribution in [2.24, 2.45) is 0 Å². The van der Waals surface area contributed by atoms with Crippen LogP contribution >= 0.6 is 11.3 Å². The molecule has 4 rings (SSSR count). The molecule has 0 aliphatic carbocycles. The first-order valence-corrected chi connectivity index (χ1v) is 10.7. The quantitative estimate of drug-likeness (QED) is 0.337. The number of fused-ring (bicyclic) bond motifs is 1. The van der Waals surface area contributed by atoms with Crippen LogP contribution in [-0.2, 0) is 0 Å². The number of aliphatic hydroxyl groups excluding tert-OH is 2. The fourth-order valence-electron chi connectivity index (χ4n) is 4.31. The molecule has 4 N–H and O–H groups in total. The van der Waals surface area contributed by atoms with Gasteiger partial charge in [-0.3, -0.25) is 14.9 Å². The zero-order valence-electron chi connectivity index (χ0n) is 17.3. The average Bonchev–Trinajstić information content (AvgIpc) is 3.19. The molecule has 3 atom stereocenters. The summed E-state index contributed by atoms with van der Waals surface area (Å²) in [6.45, 7) is 2.47. The number of likely N-dealkylation sites (tertiary alicyclic amines) is 1. The minimum absolute atomic E-state index is 0.0414. The maximum atomic E-state index is 13.3. The molecule has 1 aromatic carbocycles. The van der Waals surface area contributed by atoms with E-state index in [2.05, 4.69) is 0 Å². The van der Waals surface area contributed by atoms with E-state index in [0.717, 1.165) is 17.4 Å². The van der Waals surface area contributed by atoms with E-state index in [1.165, 1.54) is 19.1 Å². The Morgan fingerprint density at radius 3 is 2.66 bits per heavy atom. The molecule has 0 spiro atoms. The largest absolute Gasteiger partial charge is 0.507 e. The fourth-order valence-corrected chi connectivity index (χ4v) is 5.12. The Bertz CT molecular complexity index is 1270. The minimum atomic E-state index is -1.50. The molecule has 32 heavy (non-hydrogen) atoms. The van der Waals surface area contributed by atoms with Crippen LogP contribution in [0.3, 0.4) is 0 Å². The number of thiophene rings is 1. The molecule has 3 aromatic rings. The number of hydrogen-bond donors (Lipinski definition) is 4. The number of likely N-dealkylation sites (N-methyl/N-ethyl adjacent to an activating group) is 1. The second kappa shape index (κ2) is 8.17. The lowest BCUT2D eigenvalue weighted by atomic mass is 9.85. The molecule has 0 radical (unpaired) electrons. The molecule has 11 heteroatoms. The van der Waals surface area contributed by atoms with Gasteiger partial charge in [0.2, 0.25) is 5.43 Å². The second-order valence-electron chi connectivity index (χ2n) is 7.99. The molecule has 1 fully saturated rings. The topological polar surface area (TPSA) is 158 Å². The predicted octanol–water partition coefficient (Wildman–Crippen LogP) is 2.34. The predicted molar refractivity (Wildman–Crippen MR) is 116 cm³/mol. The Kier molecular flexibility index (Phi) is 5.67. The number of β-amino-alcohol motifs (C(OH)–C–C–N with tert-alkyl or cyclic N) is 1. The van der Waals surface area contributed by atoms with Gasteiger partial charge in [-0.15, -0.1) is 0 Å². The third-order valence-electron chi connectivity index (χ3n) is 5.87. The maximum Gasteiger partial charge on any atom is 0.324 e. The van der Waals surface area contributed by atoms with Crippen molar-refractivity contribution in [3.8, 4) is 11.5 Å². The SMILES string of the molecule is Cc1oc2c(C3CCN(C)CC3O)c(O)cc(O)c2c(=O)c1C(O)c1ccc([N+](=O)[O-])s1. The number of aromatic hydroxyl groups is 2. The Hall–Kier alpha value is -2.99. The van der Waals surface area contributed by atoms with Gasteiger partial charge < -0.3 is 29.7 Å². The van der Waals surface area contributed by atoms with Gasteiger partial charge in [0.15, 0.2) is 0 Å². The number of rotatable bonds is 4. The lowest BCUT2D eigenvalue weighted by Crippen LogP contribution is -2.40. The van der Waals surface area contributed by atoms with Crippen molar-refractivity contribution in [2.75, 3.05) is 20.1 Å². The maximum absolute atomic E-state index is 13.3. The molecule has 1 aliphatic rings. The summed E-state index contributed by atoms with van der Waals surface area (Å²) in [5, 5.41) is 53.0. The smallest absolute Gasteiger partial charge is 0.324 e. The molecular formula is C21H22N2O8S. The van der Waals surface area contributed by atoms with Crippen molar-refractivity contribution in [3.63, 3.8) is 0 Å². The van der Waals surface area contributed by atoms with E-state index >= 15 is 0 Å². The summed E-state index contributed by atoms with van der Waals surface area (Å²) in [4.78, 5) is 25.8. The normalized spacial score (nSPS) is 20.5. The molecule has 0 bridgehead atoms. The van der Waals surface area contributed by atoms with Gasteiger partial charge in [-0.1, -0.05) is 11.3 Å². The molecule has 0 saturated carbocycles. The van der Waals surface area contributed by atoms with Gasteiger partial charge in [0, 0.05) is 35.0 Å². The highest BCUT2D eigenvalue weighted by molar-refractivity contribution is 7.15. The number of aliphatic hydroxyl groups is 2. The molecule has 1 aliphatic heterocycles. The van der Waals surface area contributed by atoms with Gasteiger partial charge >= 0.3 is 5.00 Å². The van der Waals surface area contributed by atoms with Gasteiger partial charge in [0.05, 0.1) is 16.6 Å². The summed E-state index contributed by atoms with van der Waals surface area (Å²) in [6, 6.07) is 3.62. The fraction of sp³-hybridized carbons (Fsp3) is 0.381. The highest BCUT2D eigenvalue weighted by Crippen LogP contribution is 2.43. The summed E-state index contributed by atoms with van der Waals surface area (Å²) >= 11 is 0.730. The molecule has 3 unspecified atom stereocenters. The van der Waals surface area contributed by atoms with Crippen LogP contribution in [0.5, 0.6) is 11.5 Å². The number of aryl methyl sites for hydroxylation is 1. The minimum Gasteiger partial charge on any atom is -0.507 e. The van der Waals surface area contributed by atoms with Crippen molar-refractivity contribution < 1.29 is 29.8 Å². The molecular weight excluding hydrogens is 440 g/mol. The third kappa shape index (κ3) is 3.62. The molecule has 10 nitrogen and oxygen atoms in total. The van der Waals surface area contributed by atoms with Crippen molar-refractivity contribution in [1.29, 1.82) is 0 Å². The van der Waals surface area contributed by atoms with Crippen LogP contribution < -0.4 is 5.43 Å². The Morgan fingerprint density at radius 1 is 1.31 bits per heavy atom. The zero-order chi connectivity index (χ0) is 23.3. The Labute approximate surface area is 185 Å². The van der Waals surface area contributed by atoms with Crippen LogP contribution in [0.4, 0.5) is 5.00 Å². The van der Waals surface area contributed by atoms with Gasteiger partial charge in [-0.05, 0) is 33.0 Å². The third-order valence-corrected chi connectivity index (χ3v) is 6.96. The summed E-state index contributed by atoms with van der Waals surface area (Å²) < 4.78 is 5.86. The summed E-state index contributed by atoms with van der Waals surface area (Å²) in [5.74, 6) is -1.30. The Balaban J connectivity index is 1.90. The monoisotopic (exact) mass is 462 g/mol. The van der Waals surface area contributed by atoms with E-state index in [1.54, 1.807) is 0 Å². The van der Waals surface area contributed by atoms with Crippen molar-refractivity contribution in [1.82, 2.24) is 4.90 Å². The van der Waals surface area contributed by atoms with Crippen molar-refractivity contribution in [3.05, 3.63) is 60.3 Å². The van der Waals surface area contributed by atoms with Gasteiger partial charge in [-0.2, -0.15) is 0 Å². The molecule has 2 aromatic heterocycles. The van der Waals surface area contributed by atoms with Crippen LogP contribution in [0.15, 0.2) is 27.4 Å². The number of hydrogen-bond acceptors (Lipinski definition) is 10. The summed E-state index contributed by atoms with van der Waals surface area (Å²) in [7, 11) is 1.86. The first-order valence-electron chi connectivity index (χ1n) is 9.91. The van der Waals surface area contributed by atoms with E-state index in [1.807, 2.05) is 11.9 Å². The zero-order valence-corrected chi connectivity index (χ0v) is 18.1. The molecule has 1 saturated heterocycles. The van der Waals surface area contributed by atoms with Crippen molar-refractivity contribution >= 4 is 27.3 Å². The van der Waals surface area contributed by atoms with E-state index in [4.69, 9.17) is 4.42 Å². The number of benzene rings is 1. The van der Waals surface area contributed by atoms with Crippen molar-refractivity contribution in [2.45, 2.75) is 31.5 Å². The lowest BCUT2D eigenvalue weighted by molar-refractivity contribution is -0.380. The Morgan fingerprint density at radius 2 is 2.03 bits per heavy atom. The van der Waals surface area contributed by atoms with Crippen LogP contribution in [0.1, 0.15) is 40.2 Å². The van der Waals surface area contributed by atoms with E-state index < -0.39 is 34.2 Å². The molecule has 170 valence electrons. The van der Waals surface area contributed by atoms with E-state index in [9.17, 15) is 35.3 Å². The number of piperidine rings is 1. The van der Waals surface area contributed by atoms with E-state index in [-0.39, 0.29) is 43.5 Å². The van der Waals surface area contributed by atoms with Crippen LogP contribution in [0, 0.1) is 17.0 Å². The summed E-state index contributed by atoms with van der Waals surface area (Å²) in [6.07, 6.45) is -1.83. The molecule has 0 amide bonds. The van der Waals surface area contributed by atoms with Crippen LogP contribution in [0.2, 0.25) is 0 Å². The highest BCUT2D eigenvalue weighted by atomic mass is 32.1. The average molecular weight is 462 g/mol. The summed E-state index contributed by atoms with van der Waals surface area (Å²) in [5.41, 5.74) is -0.698. The van der Waals surface area contributed by atoms with Gasteiger partial charge in [-0.25, -0.2) is 0 Å². The number of phenolic OH excluding ortho intramolecular Hbond substituents is 2. The first kappa shape index (κ1) is 22.2.